The molecule has 0 aliphatic heterocycles. The van der Waals surface area contributed by atoms with Gasteiger partial charge >= 0.3 is 0 Å². The maximum Gasteiger partial charge on any atom is 0.221 e. The van der Waals surface area contributed by atoms with E-state index in [9.17, 15) is 4.79 Å². The van der Waals surface area contributed by atoms with Crippen LogP contribution < -0.4 is 10.6 Å². The summed E-state index contributed by atoms with van der Waals surface area (Å²) in [4.78, 5) is 19.7. The average molecular weight is 310 g/mol. The summed E-state index contributed by atoms with van der Waals surface area (Å²) < 4.78 is 0. The van der Waals surface area contributed by atoms with Crippen molar-refractivity contribution in [2.24, 2.45) is 0 Å². The zero-order chi connectivity index (χ0) is 15.4. The SMILES string of the molecule is CC(=O)Nc1cccc(Nc2nc(-c3ccncc3)cs2)c1. The van der Waals surface area contributed by atoms with Crippen LogP contribution in [0.5, 0.6) is 0 Å². The Kier molecular flexibility index (Phi) is 4.11. The summed E-state index contributed by atoms with van der Waals surface area (Å²) in [5, 5.41) is 8.80. The fourth-order valence-electron chi connectivity index (χ4n) is 1.99. The summed E-state index contributed by atoms with van der Waals surface area (Å²) in [5.41, 5.74) is 3.57. The van der Waals surface area contributed by atoms with E-state index in [1.54, 1.807) is 12.4 Å². The molecule has 1 amide bonds. The predicted molar refractivity (Wildman–Crippen MR) is 89.4 cm³/mol. The molecule has 0 spiro atoms. The minimum Gasteiger partial charge on any atom is -0.331 e. The van der Waals surface area contributed by atoms with Gasteiger partial charge in [-0.25, -0.2) is 4.98 Å². The Morgan fingerprint density at radius 3 is 2.68 bits per heavy atom. The van der Waals surface area contributed by atoms with Gasteiger partial charge in [-0.05, 0) is 30.3 Å². The van der Waals surface area contributed by atoms with Crippen LogP contribution in [0, 0.1) is 0 Å². The van der Waals surface area contributed by atoms with Crippen LogP contribution in [0.3, 0.4) is 0 Å². The van der Waals surface area contributed by atoms with Crippen molar-refractivity contribution in [3.8, 4) is 11.3 Å². The van der Waals surface area contributed by atoms with Gasteiger partial charge in [-0.2, -0.15) is 0 Å². The number of hydrogen-bond donors (Lipinski definition) is 2. The Morgan fingerprint density at radius 2 is 1.91 bits per heavy atom. The first kappa shape index (κ1) is 14.2. The number of benzene rings is 1. The molecule has 2 heterocycles. The molecule has 0 atom stereocenters. The zero-order valence-electron chi connectivity index (χ0n) is 11.9. The van der Waals surface area contributed by atoms with E-state index >= 15 is 0 Å². The van der Waals surface area contributed by atoms with Crippen molar-refractivity contribution < 1.29 is 4.79 Å². The highest BCUT2D eigenvalue weighted by molar-refractivity contribution is 7.14. The molecule has 3 aromatic rings. The molecule has 0 saturated carbocycles. The Balaban J connectivity index is 1.77. The first-order chi connectivity index (χ1) is 10.7. The first-order valence-corrected chi connectivity index (χ1v) is 7.59. The van der Waals surface area contributed by atoms with E-state index < -0.39 is 0 Å². The average Bonchev–Trinajstić information content (AvgIpc) is 2.96. The normalized spacial score (nSPS) is 10.2. The minimum absolute atomic E-state index is 0.0913. The van der Waals surface area contributed by atoms with Gasteiger partial charge in [0.1, 0.15) is 0 Å². The summed E-state index contributed by atoms with van der Waals surface area (Å²) in [6.45, 7) is 1.49. The lowest BCUT2D eigenvalue weighted by molar-refractivity contribution is -0.114. The van der Waals surface area contributed by atoms with Gasteiger partial charge in [0.2, 0.25) is 5.91 Å². The number of aromatic nitrogens is 2. The van der Waals surface area contributed by atoms with Crippen LogP contribution in [-0.4, -0.2) is 15.9 Å². The van der Waals surface area contributed by atoms with Crippen LogP contribution in [0.1, 0.15) is 6.92 Å². The largest absolute Gasteiger partial charge is 0.331 e. The molecule has 6 heteroatoms. The lowest BCUT2D eigenvalue weighted by Gasteiger charge is -2.06. The molecule has 3 rings (SSSR count). The maximum absolute atomic E-state index is 11.1. The standard InChI is InChI=1S/C16H14N4OS/c1-11(21)18-13-3-2-4-14(9-13)19-16-20-15(10-22-16)12-5-7-17-8-6-12/h2-10H,1H3,(H,18,21)(H,19,20). The van der Waals surface area contributed by atoms with E-state index in [0.717, 1.165) is 27.8 Å². The van der Waals surface area contributed by atoms with Gasteiger partial charge in [-0.3, -0.25) is 9.78 Å². The van der Waals surface area contributed by atoms with E-state index in [2.05, 4.69) is 20.6 Å². The third kappa shape index (κ3) is 3.48. The third-order valence-corrected chi connectivity index (χ3v) is 3.67. The predicted octanol–water partition coefficient (Wildman–Crippen LogP) is 3.91. The van der Waals surface area contributed by atoms with Gasteiger partial charge in [0, 0.05) is 41.6 Å². The lowest BCUT2D eigenvalue weighted by Crippen LogP contribution is -2.05. The molecule has 0 unspecified atom stereocenters. The maximum atomic E-state index is 11.1. The molecule has 5 nitrogen and oxygen atoms in total. The van der Waals surface area contributed by atoms with Crippen molar-refractivity contribution in [3.63, 3.8) is 0 Å². The molecule has 0 aliphatic carbocycles. The third-order valence-electron chi connectivity index (χ3n) is 2.91. The molecule has 110 valence electrons. The van der Waals surface area contributed by atoms with Gasteiger partial charge in [0.05, 0.1) is 5.69 Å². The second kappa shape index (κ2) is 6.36. The van der Waals surface area contributed by atoms with Crippen molar-refractivity contribution in [3.05, 3.63) is 54.2 Å². The molecule has 0 radical (unpaired) electrons. The number of amides is 1. The fraction of sp³-hybridized carbons (Fsp3) is 0.0625. The van der Waals surface area contributed by atoms with Gasteiger partial charge < -0.3 is 10.6 Å². The first-order valence-electron chi connectivity index (χ1n) is 6.71. The van der Waals surface area contributed by atoms with Crippen molar-refractivity contribution in [2.75, 3.05) is 10.6 Å². The molecule has 0 fully saturated rings. The van der Waals surface area contributed by atoms with E-state index in [1.165, 1.54) is 18.3 Å². The minimum atomic E-state index is -0.0913. The van der Waals surface area contributed by atoms with Crippen LogP contribution in [0.15, 0.2) is 54.2 Å². The molecule has 2 N–H and O–H groups in total. The summed E-state index contributed by atoms with van der Waals surface area (Å²) >= 11 is 1.53. The Morgan fingerprint density at radius 1 is 1.14 bits per heavy atom. The highest BCUT2D eigenvalue weighted by Crippen LogP contribution is 2.27. The fourth-order valence-corrected chi connectivity index (χ4v) is 2.73. The number of carbonyl (C=O) groups is 1. The molecule has 0 bridgehead atoms. The van der Waals surface area contributed by atoms with Crippen molar-refractivity contribution in [1.82, 2.24) is 9.97 Å². The van der Waals surface area contributed by atoms with Gasteiger partial charge in [0.25, 0.3) is 0 Å². The second-order valence-corrected chi connectivity index (χ2v) is 5.52. The van der Waals surface area contributed by atoms with Crippen LogP contribution in [0.25, 0.3) is 11.3 Å². The number of thiazole rings is 1. The molecule has 0 saturated heterocycles. The van der Waals surface area contributed by atoms with E-state index in [1.807, 2.05) is 41.8 Å². The summed E-state index contributed by atoms with van der Waals surface area (Å²) in [5.74, 6) is -0.0913. The van der Waals surface area contributed by atoms with E-state index in [4.69, 9.17) is 0 Å². The molecular weight excluding hydrogens is 296 g/mol. The Hall–Kier alpha value is -2.73. The van der Waals surface area contributed by atoms with Gasteiger partial charge in [0.15, 0.2) is 5.13 Å². The van der Waals surface area contributed by atoms with Crippen LogP contribution >= 0.6 is 11.3 Å². The molecule has 22 heavy (non-hydrogen) atoms. The topological polar surface area (TPSA) is 66.9 Å². The number of nitrogens with zero attached hydrogens (tertiary/aromatic N) is 2. The highest BCUT2D eigenvalue weighted by Gasteiger charge is 2.05. The van der Waals surface area contributed by atoms with Gasteiger partial charge in [-0.15, -0.1) is 11.3 Å². The van der Waals surface area contributed by atoms with Crippen molar-refractivity contribution in [1.29, 1.82) is 0 Å². The van der Waals surface area contributed by atoms with Crippen LogP contribution in [0.4, 0.5) is 16.5 Å². The number of rotatable bonds is 4. The van der Waals surface area contributed by atoms with Crippen LogP contribution in [-0.2, 0) is 4.79 Å². The van der Waals surface area contributed by atoms with Crippen molar-refractivity contribution in [2.45, 2.75) is 6.92 Å². The Bertz CT molecular complexity index is 786. The molecule has 2 aromatic heterocycles. The number of nitrogens with one attached hydrogen (secondary N) is 2. The zero-order valence-corrected chi connectivity index (χ0v) is 12.7. The van der Waals surface area contributed by atoms with E-state index in [-0.39, 0.29) is 5.91 Å². The lowest BCUT2D eigenvalue weighted by atomic mass is 10.2. The summed E-state index contributed by atoms with van der Waals surface area (Å²) in [6, 6.07) is 11.4. The number of carbonyl (C=O) groups excluding carboxylic acids is 1. The van der Waals surface area contributed by atoms with E-state index in [0.29, 0.717) is 0 Å². The second-order valence-electron chi connectivity index (χ2n) is 4.66. The monoisotopic (exact) mass is 310 g/mol. The van der Waals surface area contributed by atoms with Crippen molar-refractivity contribution >= 4 is 33.8 Å². The number of hydrogen-bond acceptors (Lipinski definition) is 5. The molecule has 0 aliphatic rings. The van der Waals surface area contributed by atoms with Crippen LogP contribution in [0.2, 0.25) is 0 Å². The molecular formula is C16H14N4OS. The summed E-state index contributed by atoms with van der Waals surface area (Å²) in [6.07, 6.45) is 3.50. The van der Waals surface area contributed by atoms with Gasteiger partial charge in [-0.1, -0.05) is 6.07 Å². The number of pyridine rings is 1. The highest BCUT2D eigenvalue weighted by atomic mass is 32.1. The molecule has 1 aromatic carbocycles. The smallest absolute Gasteiger partial charge is 0.221 e. The quantitative estimate of drug-likeness (QED) is 0.767. The Labute approximate surface area is 132 Å². The summed E-state index contributed by atoms with van der Waals surface area (Å²) in [7, 11) is 0. The number of anilines is 3.